The van der Waals surface area contributed by atoms with Gasteiger partial charge < -0.3 is 10.1 Å². The maximum absolute atomic E-state index is 12.9. The van der Waals surface area contributed by atoms with Gasteiger partial charge >= 0.3 is 6.36 Å². The van der Waals surface area contributed by atoms with Crippen molar-refractivity contribution in [3.63, 3.8) is 0 Å². The Bertz CT molecular complexity index is 1270. The molecule has 0 unspecified atom stereocenters. The number of carbonyl (C=O) groups is 1. The molecule has 4 aromatic rings. The summed E-state index contributed by atoms with van der Waals surface area (Å²) in [5, 5.41) is 4.26. The Morgan fingerprint density at radius 2 is 1.77 bits per heavy atom. The summed E-state index contributed by atoms with van der Waals surface area (Å²) >= 11 is 1.27. The van der Waals surface area contributed by atoms with Gasteiger partial charge in [-0.15, -0.1) is 24.5 Å². The molecule has 0 aliphatic carbocycles. The van der Waals surface area contributed by atoms with E-state index in [-0.39, 0.29) is 11.3 Å². The zero-order chi connectivity index (χ0) is 21.3. The fourth-order valence-electron chi connectivity index (χ4n) is 2.80. The topological polar surface area (TPSA) is 72.7 Å². The van der Waals surface area contributed by atoms with Crippen molar-refractivity contribution in [2.75, 3.05) is 5.32 Å². The quantitative estimate of drug-likeness (QED) is 0.514. The number of alkyl halides is 3. The largest absolute Gasteiger partial charge is 0.573 e. The van der Waals surface area contributed by atoms with E-state index in [0.29, 0.717) is 10.7 Å². The highest BCUT2D eigenvalue weighted by Gasteiger charge is 2.31. The van der Waals surface area contributed by atoms with E-state index in [1.807, 2.05) is 30.3 Å². The molecule has 0 fully saturated rings. The molecule has 4 rings (SSSR count). The normalized spacial score (nSPS) is 11.4. The number of fused-ring (bicyclic) bond motifs is 1. The van der Waals surface area contributed by atoms with Crippen molar-refractivity contribution in [3.05, 3.63) is 82.1 Å². The summed E-state index contributed by atoms with van der Waals surface area (Å²) in [6, 6.07) is 13.8. The molecule has 1 amide bonds. The first kappa shape index (κ1) is 19.6. The van der Waals surface area contributed by atoms with Gasteiger partial charge in [0.1, 0.15) is 11.3 Å². The highest BCUT2D eigenvalue weighted by atomic mass is 32.1. The Labute approximate surface area is 171 Å². The van der Waals surface area contributed by atoms with Crippen LogP contribution in [-0.2, 0) is 0 Å². The molecule has 1 N–H and O–H groups in total. The number of nitrogens with zero attached hydrogens (tertiary/aromatic N) is 2. The minimum Gasteiger partial charge on any atom is -0.406 e. The summed E-state index contributed by atoms with van der Waals surface area (Å²) in [5.74, 6) is -1.15. The van der Waals surface area contributed by atoms with Crippen LogP contribution in [0.3, 0.4) is 0 Å². The maximum atomic E-state index is 12.9. The van der Waals surface area contributed by atoms with E-state index in [9.17, 15) is 22.8 Å². The number of anilines is 1. The van der Waals surface area contributed by atoms with Gasteiger partial charge in [0.2, 0.25) is 0 Å². The van der Waals surface area contributed by atoms with Crippen molar-refractivity contribution in [1.82, 2.24) is 9.38 Å². The molecule has 0 saturated carbocycles. The molecule has 30 heavy (non-hydrogen) atoms. The molecular weight excluding hydrogens is 419 g/mol. The predicted molar refractivity (Wildman–Crippen MR) is 106 cm³/mol. The molecule has 2 aromatic carbocycles. The number of hydrogen-bond donors (Lipinski definition) is 1. The van der Waals surface area contributed by atoms with Crippen LogP contribution in [0.1, 0.15) is 10.4 Å². The molecule has 0 radical (unpaired) electrons. The molecule has 0 aliphatic rings. The second-order valence-corrected chi connectivity index (χ2v) is 6.94. The van der Waals surface area contributed by atoms with Crippen LogP contribution >= 0.6 is 11.3 Å². The monoisotopic (exact) mass is 431 g/mol. The van der Waals surface area contributed by atoms with Crippen molar-refractivity contribution >= 4 is 27.9 Å². The lowest BCUT2D eigenvalue weighted by molar-refractivity contribution is -0.274. The minimum absolute atomic E-state index is 0.196. The molecule has 0 saturated heterocycles. The lowest BCUT2D eigenvalue weighted by Crippen LogP contribution is -2.26. The standard InChI is InChI=1S/C20H12F3N3O3S/c21-20(22,23)29-14-8-6-13(7-9-14)25-17(27)15-10-24-19-26(18(15)28)16(11-30-19)12-4-2-1-3-5-12/h1-11H,(H,25,27). The van der Waals surface area contributed by atoms with Crippen LogP contribution in [-0.4, -0.2) is 21.7 Å². The number of benzene rings is 2. The number of halogens is 3. The summed E-state index contributed by atoms with van der Waals surface area (Å²) in [6.45, 7) is 0. The number of rotatable bonds is 4. The average molecular weight is 431 g/mol. The van der Waals surface area contributed by atoms with E-state index < -0.39 is 23.6 Å². The van der Waals surface area contributed by atoms with Crippen molar-refractivity contribution in [1.29, 1.82) is 0 Å². The van der Waals surface area contributed by atoms with Crippen LogP contribution in [0.2, 0.25) is 0 Å². The lowest BCUT2D eigenvalue weighted by atomic mass is 10.2. The second kappa shape index (κ2) is 7.64. The van der Waals surface area contributed by atoms with Crippen LogP contribution in [0.5, 0.6) is 5.75 Å². The third kappa shape index (κ3) is 4.03. The highest BCUT2D eigenvalue weighted by molar-refractivity contribution is 7.15. The van der Waals surface area contributed by atoms with Gasteiger partial charge in [-0.25, -0.2) is 4.98 Å². The molecule has 2 heterocycles. The number of amides is 1. The number of carbonyl (C=O) groups excluding carboxylic acids is 1. The SMILES string of the molecule is O=C(Nc1ccc(OC(F)(F)F)cc1)c1cnc2scc(-c3ccccc3)n2c1=O. The van der Waals surface area contributed by atoms with Gasteiger partial charge in [-0.2, -0.15) is 0 Å². The average Bonchev–Trinajstić information content (AvgIpc) is 3.14. The summed E-state index contributed by atoms with van der Waals surface area (Å²) in [7, 11) is 0. The first-order valence-corrected chi connectivity index (χ1v) is 9.41. The highest BCUT2D eigenvalue weighted by Crippen LogP contribution is 2.25. The Kier molecular flexibility index (Phi) is 5.00. The van der Waals surface area contributed by atoms with Crippen molar-refractivity contribution < 1.29 is 22.7 Å². The number of nitrogens with one attached hydrogen (secondary N) is 1. The molecule has 152 valence electrons. The van der Waals surface area contributed by atoms with Crippen LogP contribution in [0.4, 0.5) is 18.9 Å². The fraction of sp³-hybridized carbons (Fsp3) is 0.0500. The molecule has 0 aliphatic heterocycles. The summed E-state index contributed by atoms with van der Waals surface area (Å²) in [6.07, 6.45) is -3.63. The molecule has 0 spiro atoms. The smallest absolute Gasteiger partial charge is 0.406 e. The zero-order valence-electron chi connectivity index (χ0n) is 15.0. The van der Waals surface area contributed by atoms with E-state index in [0.717, 1.165) is 17.7 Å². The zero-order valence-corrected chi connectivity index (χ0v) is 15.8. The van der Waals surface area contributed by atoms with E-state index >= 15 is 0 Å². The molecule has 10 heteroatoms. The van der Waals surface area contributed by atoms with Gasteiger partial charge in [0.15, 0.2) is 4.96 Å². The van der Waals surface area contributed by atoms with Gasteiger partial charge in [-0.05, 0) is 29.8 Å². The number of aromatic nitrogens is 2. The molecule has 6 nitrogen and oxygen atoms in total. The van der Waals surface area contributed by atoms with Gasteiger partial charge in [0.25, 0.3) is 11.5 Å². The Hall–Kier alpha value is -3.66. The molecule has 0 atom stereocenters. The second-order valence-electron chi connectivity index (χ2n) is 6.11. The first-order chi connectivity index (χ1) is 14.3. The minimum atomic E-state index is -4.81. The van der Waals surface area contributed by atoms with Crippen LogP contribution in [0.25, 0.3) is 16.2 Å². The van der Waals surface area contributed by atoms with E-state index in [1.54, 1.807) is 5.38 Å². The van der Waals surface area contributed by atoms with Gasteiger partial charge in [-0.3, -0.25) is 14.0 Å². The summed E-state index contributed by atoms with van der Waals surface area (Å²) in [5.41, 5.74) is 0.864. The van der Waals surface area contributed by atoms with Gasteiger partial charge in [0.05, 0.1) is 5.69 Å². The predicted octanol–water partition coefficient (Wildman–Crippen LogP) is 4.57. The first-order valence-electron chi connectivity index (χ1n) is 8.54. The van der Waals surface area contributed by atoms with Crippen LogP contribution in [0.15, 0.2) is 71.0 Å². The van der Waals surface area contributed by atoms with Crippen molar-refractivity contribution in [3.8, 4) is 17.0 Å². The molecule has 0 bridgehead atoms. The summed E-state index contributed by atoms with van der Waals surface area (Å²) in [4.78, 5) is 30.2. The van der Waals surface area contributed by atoms with Crippen LogP contribution < -0.4 is 15.6 Å². The Morgan fingerprint density at radius 1 is 1.07 bits per heavy atom. The van der Waals surface area contributed by atoms with E-state index in [1.165, 1.54) is 34.1 Å². The Morgan fingerprint density at radius 3 is 2.43 bits per heavy atom. The van der Waals surface area contributed by atoms with Crippen molar-refractivity contribution in [2.24, 2.45) is 0 Å². The maximum Gasteiger partial charge on any atom is 0.573 e. The molecule has 2 aromatic heterocycles. The fourth-order valence-corrected chi connectivity index (χ4v) is 3.66. The third-order valence-corrected chi connectivity index (χ3v) is 4.95. The van der Waals surface area contributed by atoms with E-state index in [2.05, 4.69) is 15.0 Å². The summed E-state index contributed by atoms with van der Waals surface area (Å²) < 4.78 is 41.9. The number of thiazole rings is 1. The van der Waals surface area contributed by atoms with Crippen molar-refractivity contribution in [2.45, 2.75) is 6.36 Å². The van der Waals surface area contributed by atoms with Crippen LogP contribution in [0, 0.1) is 0 Å². The molecular formula is C20H12F3N3O3S. The van der Waals surface area contributed by atoms with Gasteiger partial charge in [0, 0.05) is 17.3 Å². The number of ether oxygens (including phenoxy) is 1. The Balaban J connectivity index is 1.62. The lowest BCUT2D eigenvalue weighted by Gasteiger charge is -2.10. The van der Waals surface area contributed by atoms with E-state index in [4.69, 9.17) is 0 Å². The third-order valence-electron chi connectivity index (χ3n) is 4.11. The number of hydrogen-bond acceptors (Lipinski definition) is 5. The van der Waals surface area contributed by atoms with Gasteiger partial charge in [-0.1, -0.05) is 30.3 Å².